The van der Waals surface area contributed by atoms with Gasteiger partial charge in [0.15, 0.2) is 5.82 Å². The molecule has 2 aromatic heterocycles. The predicted molar refractivity (Wildman–Crippen MR) is 78.6 cm³/mol. The number of alkyl halides is 1. The average Bonchev–Trinajstić information content (AvgIpc) is 3.11. The SMILES string of the molecule is COc1cccc2c1nc(C(C)Cl)n2CCc1ncon1. The first-order valence-corrected chi connectivity index (χ1v) is 7.06. The molecule has 1 atom stereocenters. The molecular weight excluding hydrogens is 292 g/mol. The van der Waals surface area contributed by atoms with Crippen LogP contribution in [0.15, 0.2) is 29.1 Å². The molecule has 0 radical (unpaired) electrons. The van der Waals surface area contributed by atoms with E-state index in [1.807, 2.05) is 25.1 Å². The molecule has 110 valence electrons. The van der Waals surface area contributed by atoms with E-state index in [0.717, 1.165) is 22.6 Å². The number of nitrogens with zero attached hydrogens (tertiary/aromatic N) is 4. The molecule has 0 aliphatic carbocycles. The van der Waals surface area contributed by atoms with E-state index in [9.17, 15) is 0 Å². The summed E-state index contributed by atoms with van der Waals surface area (Å²) in [6.45, 7) is 2.58. The lowest BCUT2D eigenvalue weighted by Gasteiger charge is -2.09. The Morgan fingerprint density at radius 2 is 2.29 bits per heavy atom. The van der Waals surface area contributed by atoms with Crippen molar-refractivity contribution in [1.82, 2.24) is 19.7 Å². The van der Waals surface area contributed by atoms with Crippen molar-refractivity contribution >= 4 is 22.6 Å². The number of hydrogen-bond acceptors (Lipinski definition) is 5. The van der Waals surface area contributed by atoms with Gasteiger partial charge in [0.2, 0.25) is 6.39 Å². The van der Waals surface area contributed by atoms with E-state index in [-0.39, 0.29) is 5.38 Å². The summed E-state index contributed by atoms with van der Waals surface area (Å²) in [5.74, 6) is 2.21. The second-order valence-electron chi connectivity index (χ2n) is 4.66. The van der Waals surface area contributed by atoms with Crippen LogP contribution < -0.4 is 4.74 Å². The van der Waals surface area contributed by atoms with Crippen LogP contribution in [0.3, 0.4) is 0 Å². The lowest BCUT2D eigenvalue weighted by Crippen LogP contribution is -2.07. The van der Waals surface area contributed by atoms with Gasteiger partial charge in [0.1, 0.15) is 17.1 Å². The summed E-state index contributed by atoms with van der Waals surface area (Å²) in [5.41, 5.74) is 1.80. The highest BCUT2D eigenvalue weighted by molar-refractivity contribution is 6.20. The number of fused-ring (bicyclic) bond motifs is 1. The van der Waals surface area contributed by atoms with Gasteiger partial charge in [-0.05, 0) is 19.1 Å². The molecule has 7 heteroatoms. The fraction of sp³-hybridized carbons (Fsp3) is 0.357. The summed E-state index contributed by atoms with van der Waals surface area (Å²) in [6, 6.07) is 5.84. The summed E-state index contributed by atoms with van der Waals surface area (Å²) in [6.07, 6.45) is 1.98. The summed E-state index contributed by atoms with van der Waals surface area (Å²) < 4.78 is 12.2. The number of rotatable bonds is 5. The first kappa shape index (κ1) is 13.9. The van der Waals surface area contributed by atoms with Gasteiger partial charge < -0.3 is 13.8 Å². The molecule has 0 N–H and O–H groups in total. The minimum absolute atomic E-state index is 0.202. The number of hydrogen-bond donors (Lipinski definition) is 0. The maximum atomic E-state index is 6.26. The van der Waals surface area contributed by atoms with E-state index < -0.39 is 0 Å². The maximum absolute atomic E-state index is 6.26. The van der Waals surface area contributed by atoms with Crippen LogP contribution in [0, 0.1) is 0 Å². The predicted octanol–water partition coefficient (Wildman–Crippen LogP) is 2.97. The number of imidazole rings is 1. The van der Waals surface area contributed by atoms with E-state index in [0.29, 0.717) is 18.8 Å². The fourth-order valence-electron chi connectivity index (χ4n) is 2.36. The van der Waals surface area contributed by atoms with Gasteiger partial charge in [0.05, 0.1) is 18.0 Å². The van der Waals surface area contributed by atoms with Gasteiger partial charge in [-0.15, -0.1) is 11.6 Å². The Hall–Kier alpha value is -2.08. The van der Waals surface area contributed by atoms with E-state index in [2.05, 4.69) is 19.7 Å². The summed E-state index contributed by atoms with van der Waals surface area (Å²) in [4.78, 5) is 8.66. The molecule has 0 bridgehead atoms. The molecule has 2 heterocycles. The zero-order chi connectivity index (χ0) is 14.8. The monoisotopic (exact) mass is 306 g/mol. The minimum atomic E-state index is -0.202. The number of aryl methyl sites for hydroxylation is 2. The third-order valence-corrected chi connectivity index (χ3v) is 3.51. The third-order valence-electron chi connectivity index (χ3n) is 3.31. The standard InChI is InChI=1S/C14H15ClN4O2/c1-9(15)14-17-13-10(4-3-5-11(13)20-2)19(14)7-6-12-16-8-21-18-12/h3-5,8-9H,6-7H2,1-2H3. The molecule has 6 nitrogen and oxygen atoms in total. The number of ether oxygens (including phenoxy) is 1. The van der Waals surface area contributed by atoms with E-state index in [1.54, 1.807) is 7.11 Å². The van der Waals surface area contributed by atoms with Crippen molar-refractivity contribution in [2.24, 2.45) is 0 Å². The van der Waals surface area contributed by atoms with Gasteiger partial charge in [-0.25, -0.2) is 4.98 Å². The first-order chi connectivity index (χ1) is 10.2. The Balaban J connectivity index is 2.03. The van der Waals surface area contributed by atoms with Crippen molar-refractivity contribution in [3.05, 3.63) is 36.2 Å². The van der Waals surface area contributed by atoms with Crippen LogP contribution >= 0.6 is 11.6 Å². The normalized spacial score (nSPS) is 12.7. The number of methoxy groups -OCH3 is 1. The molecule has 0 spiro atoms. The Kier molecular flexibility index (Phi) is 3.79. The second kappa shape index (κ2) is 5.73. The van der Waals surface area contributed by atoms with Crippen molar-refractivity contribution < 1.29 is 9.26 Å². The van der Waals surface area contributed by atoms with Gasteiger partial charge in [0, 0.05) is 13.0 Å². The lowest BCUT2D eigenvalue weighted by molar-refractivity contribution is 0.408. The number of para-hydroxylation sites is 1. The van der Waals surface area contributed by atoms with Crippen LogP contribution in [0.4, 0.5) is 0 Å². The molecule has 0 fully saturated rings. The van der Waals surface area contributed by atoms with Crippen molar-refractivity contribution in [3.8, 4) is 5.75 Å². The molecule has 3 rings (SSSR count). The number of benzene rings is 1. The van der Waals surface area contributed by atoms with Crippen LogP contribution in [0.5, 0.6) is 5.75 Å². The van der Waals surface area contributed by atoms with Gasteiger partial charge in [-0.1, -0.05) is 11.2 Å². The molecule has 0 amide bonds. The molecule has 0 saturated carbocycles. The van der Waals surface area contributed by atoms with Crippen LogP contribution in [0.2, 0.25) is 0 Å². The van der Waals surface area contributed by atoms with Crippen molar-refractivity contribution in [1.29, 1.82) is 0 Å². The molecule has 0 aliphatic heterocycles. The highest BCUT2D eigenvalue weighted by Crippen LogP contribution is 2.30. The third kappa shape index (κ3) is 2.58. The quantitative estimate of drug-likeness (QED) is 0.678. The van der Waals surface area contributed by atoms with Crippen LogP contribution in [0.1, 0.15) is 23.9 Å². The smallest absolute Gasteiger partial charge is 0.213 e. The Morgan fingerprint density at radius 1 is 1.43 bits per heavy atom. The average molecular weight is 307 g/mol. The van der Waals surface area contributed by atoms with Crippen molar-refractivity contribution in [2.75, 3.05) is 7.11 Å². The Bertz CT molecular complexity index is 737. The molecule has 1 aromatic carbocycles. The van der Waals surface area contributed by atoms with Gasteiger partial charge >= 0.3 is 0 Å². The molecule has 0 aliphatic rings. The fourth-order valence-corrected chi connectivity index (χ4v) is 2.52. The highest BCUT2D eigenvalue weighted by atomic mass is 35.5. The van der Waals surface area contributed by atoms with Gasteiger partial charge in [-0.3, -0.25) is 0 Å². The van der Waals surface area contributed by atoms with E-state index in [4.69, 9.17) is 20.9 Å². The first-order valence-electron chi connectivity index (χ1n) is 6.63. The largest absolute Gasteiger partial charge is 0.494 e. The summed E-state index contributed by atoms with van der Waals surface area (Å²) >= 11 is 6.26. The van der Waals surface area contributed by atoms with Crippen LogP contribution in [-0.2, 0) is 13.0 Å². The summed E-state index contributed by atoms with van der Waals surface area (Å²) in [5, 5.41) is 3.62. The summed E-state index contributed by atoms with van der Waals surface area (Å²) in [7, 11) is 1.64. The molecule has 1 unspecified atom stereocenters. The van der Waals surface area contributed by atoms with E-state index >= 15 is 0 Å². The van der Waals surface area contributed by atoms with E-state index in [1.165, 1.54) is 6.39 Å². The minimum Gasteiger partial charge on any atom is -0.494 e. The molecule has 0 saturated heterocycles. The number of aromatic nitrogens is 4. The van der Waals surface area contributed by atoms with Gasteiger partial charge in [0.25, 0.3) is 0 Å². The van der Waals surface area contributed by atoms with Gasteiger partial charge in [-0.2, -0.15) is 4.98 Å². The Labute approximate surface area is 126 Å². The zero-order valence-electron chi connectivity index (χ0n) is 11.8. The van der Waals surface area contributed by atoms with Crippen LogP contribution in [-0.4, -0.2) is 26.8 Å². The maximum Gasteiger partial charge on any atom is 0.213 e. The lowest BCUT2D eigenvalue weighted by atomic mass is 10.3. The second-order valence-corrected chi connectivity index (χ2v) is 5.32. The van der Waals surface area contributed by atoms with Crippen LogP contribution in [0.25, 0.3) is 11.0 Å². The zero-order valence-corrected chi connectivity index (χ0v) is 12.5. The molecule has 3 aromatic rings. The van der Waals surface area contributed by atoms with Crippen molar-refractivity contribution in [2.45, 2.75) is 25.3 Å². The van der Waals surface area contributed by atoms with Crippen molar-refractivity contribution in [3.63, 3.8) is 0 Å². The Morgan fingerprint density at radius 3 is 2.95 bits per heavy atom. The highest BCUT2D eigenvalue weighted by Gasteiger charge is 2.17. The topological polar surface area (TPSA) is 66.0 Å². The molecular formula is C14H15ClN4O2. The molecule has 21 heavy (non-hydrogen) atoms. The number of halogens is 1.